The Labute approximate surface area is 80.5 Å². The summed E-state index contributed by atoms with van der Waals surface area (Å²) >= 11 is 0. The Morgan fingerprint density at radius 2 is 1.85 bits per heavy atom. The first-order valence-electron chi connectivity index (χ1n) is 4.18. The van der Waals surface area contributed by atoms with Gasteiger partial charge in [0, 0.05) is 12.2 Å². The predicted octanol–water partition coefficient (Wildman–Crippen LogP) is -0.491. The molecule has 0 unspecified atom stereocenters. The molecule has 3 nitrogen and oxygen atoms in total. The van der Waals surface area contributed by atoms with E-state index in [9.17, 15) is 0 Å². The molecule has 0 fully saturated rings. The van der Waals surface area contributed by atoms with Gasteiger partial charge in [0.25, 0.3) is 0 Å². The first-order chi connectivity index (χ1) is 6.24. The maximum atomic E-state index is 8.83. The summed E-state index contributed by atoms with van der Waals surface area (Å²) < 4.78 is 5.06. The van der Waals surface area contributed by atoms with Gasteiger partial charge in [-0.25, -0.2) is 0 Å². The van der Waals surface area contributed by atoms with Crippen LogP contribution in [0.1, 0.15) is 17.4 Å². The molecule has 0 radical (unpaired) electrons. The highest BCUT2D eigenvalue weighted by Crippen LogP contribution is 2.11. The van der Waals surface area contributed by atoms with Crippen LogP contribution in [0.25, 0.3) is 0 Å². The van der Waals surface area contributed by atoms with Crippen LogP contribution in [-0.4, -0.2) is 27.3 Å². The highest BCUT2D eigenvalue weighted by atomic mass is 28.2. The third-order valence-electron chi connectivity index (χ3n) is 1.87. The highest BCUT2D eigenvalue weighted by molar-refractivity contribution is 5.97. The summed E-state index contributed by atoms with van der Waals surface area (Å²) in [5.41, 5.74) is 1.68. The lowest BCUT2D eigenvalue weighted by molar-refractivity contribution is -0.0424. The van der Waals surface area contributed by atoms with Crippen molar-refractivity contribution in [1.29, 1.82) is 0 Å². The molecule has 0 aliphatic rings. The van der Waals surface area contributed by atoms with E-state index in [0.717, 1.165) is 29.1 Å². The van der Waals surface area contributed by atoms with E-state index in [0.29, 0.717) is 5.56 Å². The van der Waals surface area contributed by atoms with Crippen LogP contribution in [0.15, 0.2) is 24.3 Å². The molecular formula is C9H14O3Si. The van der Waals surface area contributed by atoms with Crippen molar-refractivity contribution >= 4 is 10.5 Å². The van der Waals surface area contributed by atoms with Crippen molar-refractivity contribution in [2.24, 2.45) is 0 Å². The second-order valence-corrected chi connectivity index (χ2v) is 3.44. The first kappa shape index (κ1) is 10.4. The number of hydrogen-bond donors (Lipinski definition) is 2. The molecule has 0 heterocycles. The Morgan fingerprint density at radius 3 is 2.31 bits per heavy atom. The zero-order valence-electron chi connectivity index (χ0n) is 7.60. The van der Waals surface area contributed by atoms with Crippen molar-refractivity contribution in [1.82, 2.24) is 0 Å². The summed E-state index contributed by atoms with van der Waals surface area (Å²) in [6.07, 6.45) is -0.491. The van der Waals surface area contributed by atoms with Crippen LogP contribution in [0, 0.1) is 0 Å². The van der Waals surface area contributed by atoms with Gasteiger partial charge in [-0.3, -0.25) is 0 Å². The zero-order valence-corrected chi connectivity index (χ0v) is 9.60. The van der Waals surface area contributed by atoms with E-state index in [-0.39, 0.29) is 0 Å². The van der Waals surface area contributed by atoms with Crippen LogP contribution in [-0.2, 0) is 10.8 Å². The summed E-state index contributed by atoms with van der Waals surface area (Å²) in [5, 5.41) is 17.7. The van der Waals surface area contributed by atoms with Gasteiger partial charge < -0.3 is 14.6 Å². The molecular weight excluding hydrogens is 184 g/mol. The lowest BCUT2D eigenvalue weighted by atomic mass is 10.1. The summed E-state index contributed by atoms with van der Waals surface area (Å²) in [7, 11) is 0.765. The van der Waals surface area contributed by atoms with Gasteiger partial charge in [-0.05, 0) is 12.0 Å². The molecule has 72 valence electrons. The Balaban J connectivity index is 2.59. The Hall–Kier alpha value is -0.683. The van der Waals surface area contributed by atoms with Crippen LogP contribution < -0.4 is 0 Å². The summed E-state index contributed by atoms with van der Waals surface area (Å²) in [4.78, 5) is 0. The molecule has 0 saturated heterocycles. The Bertz CT molecular complexity index is 246. The van der Waals surface area contributed by atoms with Gasteiger partial charge in [-0.15, -0.1) is 0 Å². The van der Waals surface area contributed by atoms with Gasteiger partial charge in [-0.2, -0.15) is 0 Å². The van der Waals surface area contributed by atoms with Crippen LogP contribution in [0.3, 0.4) is 0 Å². The second-order valence-electron chi connectivity index (χ2n) is 2.86. The average Bonchev–Trinajstić information content (AvgIpc) is 2.15. The number of benzene rings is 1. The summed E-state index contributed by atoms with van der Waals surface area (Å²) in [6.45, 7) is 0.743. The average molecular weight is 198 g/mol. The number of hydrogen-bond acceptors (Lipinski definition) is 3. The van der Waals surface area contributed by atoms with E-state index in [2.05, 4.69) is 0 Å². The quantitative estimate of drug-likeness (QED) is 0.507. The van der Waals surface area contributed by atoms with E-state index in [1.54, 1.807) is 12.1 Å². The minimum absolute atomic E-state index is 0.524. The predicted molar refractivity (Wildman–Crippen MR) is 53.2 cm³/mol. The first-order valence-corrected chi connectivity index (χ1v) is 4.99. The molecule has 0 aliphatic heterocycles. The third-order valence-corrected chi connectivity index (χ3v) is 2.28. The smallest absolute Gasteiger partial charge is 0.178 e. The van der Waals surface area contributed by atoms with Crippen molar-refractivity contribution in [3.8, 4) is 0 Å². The van der Waals surface area contributed by atoms with E-state index >= 15 is 0 Å². The molecule has 0 bridgehead atoms. The molecule has 0 aliphatic carbocycles. The second kappa shape index (κ2) is 5.13. The zero-order chi connectivity index (χ0) is 9.68. The van der Waals surface area contributed by atoms with Crippen molar-refractivity contribution in [3.05, 3.63) is 35.4 Å². The van der Waals surface area contributed by atoms with E-state index < -0.39 is 6.29 Å². The maximum absolute atomic E-state index is 8.83. The molecule has 0 aromatic heterocycles. The third kappa shape index (κ3) is 3.28. The van der Waals surface area contributed by atoms with Gasteiger partial charge in [0.1, 0.15) is 10.5 Å². The molecule has 13 heavy (non-hydrogen) atoms. The van der Waals surface area contributed by atoms with Crippen molar-refractivity contribution in [2.75, 3.05) is 6.61 Å². The van der Waals surface area contributed by atoms with Gasteiger partial charge in [0.2, 0.25) is 0 Å². The Kier molecular flexibility index (Phi) is 4.11. The Morgan fingerprint density at radius 1 is 1.23 bits per heavy atom. The van der Waals surface area contributed by atoms with Crippen LogP contribution >= 0.6 is 0 Å². The van der Waals surface area contributed by atoms with Gasteiger partial charge in [0.15, 0.2) is 6.29 Å². The van der Waals surface area contributed by atoms with Crippen molar-refractivity contribution in [3.63, 3.8) is 0 Å². The number of rotatable bonds is 4. The summed E-state index contributed by atoms with van der Waals surface area (Å²) in [5.74, 6) is 0. The molecule has 2 N–H and O–H groups in total. The van der Waals surface area contributed by atoms with Crippen LogP contribution in [0.5, 0.6) is 0 Å². The fourth-order valence-electron chi connectivity index (χ4n) is 1.08. The van der Waals surface area contributed by atoms with E-state index in [4.69, 9.17) is 14.6 Å². The minimum atomic E-state index is -1.37. The van der Waals surface area contributed by atoms with Crippen molar-refractivity contribution in [2.45, 2.75) is 12.7 Å². The lowest BCUT2D eigenvalue weighted by Crippen LogP contribution is -1.97. The monoisotopic (exact) mass is 198 g/mol. The molecule has 1 aromatic carbocycles. The lowest BCUT2D eigenvalue weighted by Gasteiger charge is -2.05. The minimum Gasteiger partial charge on any atom is -0.428 e. The maximum Gasteiger partial charge on any atom is 0.178 e. The molecule has 4 heteroatoms. The largest absolute Gasteiger partial charge is 0.428 e. The SMILES string of the molecule is OC(O)c1ccc(CCO[SiH3])cc1. The molecule has 0 atom stereocenters. The highest BCUT2D eigenvalue weighted by Gasteiger charge is 2.00. The molecule has 1 aromatic rings. The van der Waals surface area contributed by atoms with E-state index in [1.807, 2.05) is 12.1 Å². The fraction of sp³-hybridized carbons (Fsp3) is 0.333. The van der Waals surface area contributed by atoms with Gasteiger partial charge in [-0.1, -0.05) is 24.3 Å². The van der Waals surface area contributed by atoms with Crippen LogP contribution in [0.4, 0.5) is 0 Å². The number of aliphatic hydroxyl groups is 2. The van der Waals surface area contributed by atoms with Crippen molar-refractivity contribution < 1.29 is 14.6 Å². The van der Waals surface area contributed by atoms with Gasteiger partial charge in [0.05, 0.1) is 0 Å². The standard InChI is InChI=1S/C9H14O3Si/c10-9(11)8-3-1-7(2-4-8)5-6-12-13/h1-4,9-11H,5-6H2,13H3. The molecule has 1 rings (SSSR count). The normalized spacial score (nSPS) is 11.0. The van der Waals surface area contributed by atoms with E-state index in [1.165, 1.54) is 0 Å². The van der Waals surface area contributed by atoms with Crippen LogP contribution in [0.2, 0.25) is 0 Å². The molecule has 0 amide bonds. The summed E-state index contributed by atoms with van der Waals surface area (Å²) in [6, 6.07) is 7.20. The fourth-order valence-corrected chi connectivity index (χ4v) is 1.28. The van der Waals surface area contributed by atoms with Gasteiger partial charge >= 0.3 is 0 Å². The topological polar surface area (TPSA) is 49.7 Å². The molecule has 0 saturated carbocycles. The molecule has 0 spiro atoms. The number of aliphatic hydroxyl groups excluding tert-OH is 1.